The van der Waals surface area contributed by atoms with Crippen LogP contribution in [0.2, 0.25) is 0 Å². The number of benzene rings is 1. The summed E-state index contributed by atoms with van der Waals surface area (Å²) in [4.78, 5) is 13.9. The zero-order valence-corrected chi connectivity index (χ0v) is 13.9. The number of hydrogen-bond acceptors (Lipinski definition) is 3. The van der Waals surface area contributed by atoms with Crippen LogP contribution in [0.1, 0.15) is 44.2 Å². The smallest absolute Gasteiger partial charge is 0.261 e. The Hall–Kier alpha value is -2.28. The summed E-state index contributed by atoms with van der Waals surface area (Å²) in [7, 11) is 3.64. The normalized spacial score (nSPS) is 20.1. The van der Waals surface area contributed by atoms with E-state index in [2.05, 4.69) is 50.2 Å². The number of likely N-dealkylation sites (N-methyl/N-ethyl adjacent to an activating group) is 1. The summed E-state index contributed by atoms with van der Waals surface area (Å²) < 4.78 is 0. The molecule has 1 unspecified atom stereocenters. The fraction of sp³-hybridized carbons (Fsp3) is 0.444. The predicted molar refractivity (Wildman–Crippen MR) is 89.6 cm³/mol. The van der Waals surface area contributed by atoms with Crippen molar-refractivity contribution in [2.45, 2.75) is 38.6 Å². The number of anilines is 1. The lowest BCUT2D eigenvalue weighted by Crippen LogP contribution is -2.45. The second-order valence-corrected chi connectivity index (χ2v) is 6.54. The molecule has 0 saturated carbocycles. The molecule has 0 aliphatic carbocycles. The number of rotatable bonds is 2. The van der Waals surface area contributed by atoms with E-state index in [4.69, 9.17) is 5.26 Å². The minimum absolute atomic E-state index is 0.125. The lowest BCUT2D eigenvalue weighted by molar-refractivity contribution is -0.116. The van der Waals surface area contributed by atoms with Crippen LogP contribution in [0.15, 0.2) is 23.8 Å². The molecule has 22 heavy (non-hydrogen) atoms. The van der Waals surface area contributed by atoms with E-state index >= 15 is 0 Å². The van der Waals surface area contributed by atoms with Gasteiger partial charge in [-0.05, 0) is 55.5 Å². The lowest BCUT2D eigenvalue weighted by atomic mass is 9.80. The third-order valence-electron chi connectivity index (χ3n) is 4.56. The van der Waals surface area contributed by atoms with Crippen molar-refractivity contribution >= 4 is 17.7 Å². The molecule has 116 valence electrons. The van der Waals surface area contributed by atoms with E-state index in [0.29, 0.717) is 5.92 Å². The molecule has 4 heteroatoms. The standard InChI is InChI=1S/C18H23N3O/c1-12-10-18(2,3)21(5)16-7-6-13(9-15(12)16)8-14(11-19)17(22)20-4/h6-9,12H,10H2,1-5H3,(H,20,22)/b14-8-. The molecule has 2 rings (SSSR count). The van der Waals surface area contributed by atoms with E-state index < -0.39 is 0 Å². The molecule has 0 bridgehead atoms. The molecule has 0 fully saturated rings. The van der Waals surface area contributed by atoms with Crippen molar-refractivity contribution in [3.63, 3.8) is 0 Å². The van der Waals surface area contributed by atoms with Crippen molar-refractivity contribution in [2.24, 2.45) is 0 Å². The van der Waals surface area contributed by atoms with Crippen LogP contribution < -0.4 is 10.2 Å². The Balaban J connectivity index is 2.45. The van der Waals surface area contributed by atoms with Crippen LogP contribution in [0.3, 0.4) is 0 Å². The molecule has 1 aliphatic heterocycles. The van der Waals surface area contributed by atoms with Crippen LogP contribution in [0.4, 0.5) is 5.69 Å². The van der Waals surface area contributed by atoms with Crippen molar-refractivity contribution in [1.82, 2.24) is 5.32 Å². The van der Waals surface area contributed by atoms with Gasteiger partial charge in [0.25, 0.3) is 5.91 Å². The number of nitrogens with one attached hydrogen (secondary N) is 1. The van der Waals surface area contributed by atoms with E-state index in [1.165, 1.54) is 18.3 Å². The predicted octanol–water partition coefficient (Wildman–Crippen LogP) is 3.06. The molecule has 0 aromatic heterocycles. The summed E-state index contributed by atoms with van der Waals surface area (Å²) in [5.41, 5.74) is 3.63. The molecule has 1 aliphatic rings. The van der Waals surface area contributed by atoms with Crippen LogP contribution >= 0.6 is 0 Å². The lowest BCUT2D eigenvalue weighted by Gasteiger charge is -2.45. The summed E-state index contributed by atoms with van der Waals surface area (Å²) in [6.45, 7) is 6.73. The van der Waals surface area contributed by atoms with E-state index in [0.717, 1.165) is 12.0 Å². The Morgan fingerprint density at radius 1 is 1.50 bits per heavy atom. The Morgan fingerprint density at radius 3 is 2.77 bits per heavy atom. The maximum absolute atomic E-state index is 11.6. The molecule has 0 radical (unpaired) electrons. The monoisotopic (exact) mass is 297 g/mol. The molecule has 1 aromatic rings. The van der Waals surface area contributed by atoms with Crippen molar-refractivity contribution < 1.29 is 4.79 Å². The maximum Gasteiger partial charge on any atom is 0.261 e. The minimum atomic E-state index is -0.355. The maximum atomic E-state index is 11.6. The molecule has 4 nitrogen and oxygen atoms in total. The molecule has 1 heterocycles. The number of fused-ring (bicyclic) bond motifs is 1. The highest BCUT2D eigenvalue weighted by Gasteiger charge is 2.33. The summed E-state index contributed by atoms with van der Waals surface area (Å²) in [5, 5.41) is 11.6. The third-order valence-corrected chi connectivity index (χ3v) is 4.56. The zero-order chi connectivity index (χ0) is 16.5. The van der Waals surface area contributed by atoms with Gasteiger partial charge in [-0.3, -0.25) is 4.79 Å². The van der Waals surface area contributed by atoms with Crippen LogP contribution in [0.5, 0.6) is 0 Å². The molecule has 1 amide bonds. The van der Waals surface area contributed by atoms with E-state index in [-0.39, 0.29) is 17.0 Å². The van der Waals surface area contributed by atoms with Gasteiger partial charge in [-0.25, -0.2) is 0 Å². The van der Waals surface area contributed by atoms with Gasteiger partial charge >= 0.3 is 0 Å². The first kappa shape index (κ1) is 16.1. The van der Waals surface area contributed by atoms with Crippen LogP contribution in [-0.2, 0) is 4.79 Å². The average Bonchev–Trinajstić information content (AvgIpc) is 2.49. The Bertz CT molecular complexity index is 667. The Kier molecular flexibility index (Phi) is 4.27. The number of nitriles is 1. The van der Waals surface area contributed by atoms with Gasteiger partial charge in [-0.2, -0.15) is 5.26 Å². The molecular formula is C18H23N3O. The number of hydrogen-bond donors (Lipinski definition) is 1. The molecule has 1 atom stereocenters. The van der Waals surface area contributed by atoms with E-state index in [1.54, 1.807) is 6.08 Å². The Labute approximate surface area is 132 Å². The van der Waals surface area contributed by atoms with Gasteiger partial charge in [-0.1, -0.05) is 13.0 Å². The quantitative estimate of drug-likeness (QED) is 0.674. The van der Waals surface area contributed by atoms with Gasteiger partial charge in [0.05, 0.1) is 0 Å². The zero-order valence-electron chi connectivity index (χ0n) is 13.9. The first-order valence-electron chi connectivity index (χ1n) is 7.52. The van der Waals surface area contributed by atoms with E-state index in [1.807, 2.05) is 12.1 Å². The first-order chi connectivity index (χ1) is 10.3. The summed E-state index contributed by atoms with van der Waals surface area (Å²) in [5.74, 6) is 0.0895. The third kappa shape index (κ3) is 2.85. The van der Waals surface area contributed by atoms with Crippen molar-refractivity contribution in [1.29, 1.82) is 5.26 Å². The van der Waals surface area contributed by atoms with Crippen molar-refractivity contribution in [3.05, 3.63) is 34.9 Å². The molecule has 0 saturated heterocycles. The summed E-state index contributed by atoms with van der Waals surface area (Å²) in [6, 6.07) is 8.09. The highest BCUT2D eigenvalue weighted by Crippen LogP contribution is 2.42. The highest BCUT2D eigenvalue weighted by molar-refractivity contribution is 6.01. The highest BCUT2D eigenvalue weighted by atomic mass is 16.1. The second-order valence-electron chi connectivity index (χ2n) is 6.54. The molecule has 1 aromatic carbocycles. The summed E-state index contributed by atoms with van der Waals surface area (Å²) in [6.07, 6.45) is 2.72. The first-order valence-corrected chi connectivity index (χ1v) is 7.52. The fourth-order valence-corrected chi connectivity index (χ4v) is 3.14. The molecule has 0 spiro atoms. The SMILES string of the molecule is CNC(=O)/C(C#N)=C\c1ccc2c(c1)C(C)CC(C)(C)N2C. The van der Waals surface area contributed by atoms with Gasteiger partial charge in [0, 0.05) is 25.3 Å². The summed E-state index contributed by atoms with van der Waals surface area (Å²) >= 11 is 0. The van der Waals surface area contributed by atoms with Gasteiger partial charge in [0.15, 0.2) is 0 Å². The van der Waals surface area contributed by atoms with E-state index in [9.17, 15) is 4.79 Å². The second kappa shape index (κ2) is 5.84. The molecule has 1 N–H and O–H groups in total. The van der Waals surface area contributed by atoms with Gasteiger partial charge < -0.3 is 10.2 Å². The fourth-order valence-electron chi connectivity index (χ4n) is 3.14. The Morgan fingerprint density at radius 2 is 2.18 bits per heavy atom. The minimum Gasteiger partial charge on any atom is -0.369 e. The average molecular weight is 297 g/mol. The van der Waals surface area contributed by atoms with Crippen molar-refractivity contribution in [2.75, 3.05) is 19.0 Å². The van der Waals surface area contributed by atoms with Crippen LogP contribution in [-0.4, -0.2) is 25.5 Å². The van der Waals surface area contributed by atoms with Gasteiger partial charge in [0.1, 0.15) is 11.6 Å². The topological polar surface area (TPSA) is 56.1 Å². The van der Waals surface area contributed by atoms with Crippen LogP contribution in [0.25, 0.3) is 6.08 Å². The van der Waals surface area contributed by atoms with Crippen LogP contribution in [0, 0.1) is 11.3 Å². The van der Waals surface area contributed by atoms with Gasteiger partial charge in [-0.15, -0.1) is 0 Å². The number of amides is 1. The number of carbonyl (C=O) groups is 1. The van der Waals surface area contributed by atoms with Gasteiger partial charge in [0.2, 0.25) is 0 Å². The number of carbonyl (C=O) groups excluding carboxylic acids is 1. The largest absolute Gasteiger partial charge is 0.369 e. The molecular weight excluding hydrogens is 274 g/mol. The number of nitrogens with zero attached hydrogens (tertiary/aromatic N) is 2. The van der Waals surface area contributed by atoms with Crippen molar-refractivity contribution in [3.8, 4) is 6.07 Å².